The number of anilines is 1. The van der Waals surface area contributed by atoms with Gasteiger partial charge in [-0.05, 0) is 30.3 Å². The number of benzene rings is 2. The van der Waals surface area contributed by atoms with Crippen molar-refractivity contribution in [3.63, 3.8) is 0 Å². The van der Waals surface area contributed by atoms with Gasteiger partial charge in [0.15, 0.2) is 0 Å². The highest BCUT2D eigenvalue weighted by atomic mass is 16.5. The van der Waals surface area contributed by atoms with Crippen LogP contribution in [-0.4, -0.2) is 29.3 Å². The Kier molecular flexibility index (Phi) is 4.50. The molecule has 0 saturated carbocycles. The van der Waals surface area contributed by atoms with Crippen molar-refractivity contribution in [3.05, 3.63) is 48.0 Å². The lowest BCUT2D eigenvalue weighted by Gasteiger charge is -2.09. The van der Waals surface area contributed by atoms with Crippen LogP contribution in [0.1, 0.15) is 10.4 Å². The second-order valence-electron chi connectivity index (χ2n) is 4.38. The second-order valence-corrected chi connectivity index (χ2v) is 4.38. The number of carbonyl (C=O) groups excluding carboxylic acids is 1. The van der Waals surface area contributed by atoms with E-state index in [4.69, 9.17) is 10.5 Å². The molecule has 2 rings (SSSR count). The van der Waals surface area contributed by atoms with Gasteiger partial charge in [-0.25, -0.2) is 0 Å². The molecule has 21 heavy (non-hydrogen) atoms. The number of hydrogen-bond donors (Lipinski definition) is 4. The molecule has 0 aliphatic carbocycles. The Hall–Kier alpha value is -2.89. The van der Waals surface area contributed by atoms with E-state index in [0.717, 1.165) is 0 Å². The number of phenols is 2. The van der Waals surface area contributed by atoms with Gasteiger partial charge in [0.05, 0.1) is 12.1 Å². The molecule has 2 aromatic rings. The molecule has 0 aliphatic rings. The van der Waals surface area contributed by atoms with Crippen molar-refractivity contribution in [2.45, 2.75) is 0 Å². The van der Waals surface area contributed by atoms with Crippen molar-refractivity contribution >= 4 is 11.6 Å². The first-order chi connectivity index (χ1) is 10.1. The molecule has 0 unspecified atom stereocenters. The normalized spacial score (nSPS) is 10.1. The second kappa shape index (κ2) is 6.51. The summed E-state index contributed by atoms with van der Waals surface area (Å²) in [6.07, 6.45) is 0. The lowest BCUT2D eigenvalue weighted by molar-refractivity contribution is 0.0944. The summed E-state index contributed by atoms with van der Waals surface area (Å²) >= 11 is 0. The van der Waals surface area contributed by atoms with Crippen LogP contribution >= 0.6 is 0 Å². The van der Waals surface area contributed by atoms with E-state index >= 15 is 0 Å². The number of hydrogen-bond acceptors (Lipinski definition) is 5. The van der Waals surface area contributed by atoms with Gasteiger partial charge in [-0.15, -0.1) is 0 Å². The molecule has 6 nitrogen and oxygen atoms in total. The molecule has 0 heterocycles. The average molecular weight is 288 g/mol. The van der Waals surface area contributed by atoms with Crippen LogP contribution in [0.15, 0.2) is 42.5 Å². The van der Waals surface area contributed by atoms with E-state index in [1.165, 1.54) is 18.2 Å². The van der Waals surface area contributed by atoms with E-state index < -0.39 is 5.91 Å². The van der Waals surface area contributed by atoms with Gasteiger partial charge in [-0.1, -0.05) is 6.07 Å². The first-order valence-corrected chi connectivity index (χ1v) is 6.35. The molecule has 0 fully saturated rings. The third kappa shape index (κ3) is 4.04. The van der Waals surface area contributed by atoms with Crippen LogP contribution in [-0.2, 0) is 0 Å². The number of carbonyl (C=O) groups is 1. The molecule has 110 valence electrons. The van der Waals surface area contributed by atoms with Gasteiger partial charge in [-0.3, -0.25) is 4.79 Å². The summed E-state index contributed by atoms with van der Waals surface area (Å²) in [6.45, 7) is 0.511. The Balaban J connectivity index is 1.83. The monoisotopic (exact) mass is 288 g/mol. The van der Waals surface area contributed by atoms with Crippen LogP contribution in [0.2, 0.25) is 0 Å². The molecule has 6 heteroatoms. The molecule has 0 aromatic heterocycles. The molecular formula is C15H16N2O4. The smallest absolute Gasteiger partial charge is 0.255 e. The summed E-state index contributed by atoms with van der Waals surface area (Å²) in [5.41, 5.74) is 6.23. The topological polar surface area (TPSA) is 105 Å². The zero-order valence-electron chi connectivity index (χ0n) is 11.2. The average Bonchev–Trinajstić information content (AvgIpc) is 2.46. The summed E-state index contributed by atoms with van der Waals surface area (Å²) in [4.78, 5) is 11.8. The van der Waals surface area contributed by atoms with E-state index in [1.807, 2.05) is 0 Å². The van der Waals surface area contributed by atoms with Crippen molar-refractivity contribution in [2.75, 3.05) is 18.9 Å². The van der Waals surface area contributed by atoms with Gasteiger partial charge in [0.2, 0.25) is 0 Å². The van der Waals surface area contributed by atoms with Gasteiger partial charge in [0.25, 0.3) is 5.91 Å². The highest BCUT2D eigenvalue weighted by molar-refractivity contribution is 5.97. The number of nitrogen functional groups attached to an aromatic ring is 1. The van der Waals surface area contributed by atoms with Gasteiger partial charge in [0.1, 0.15) is 23.9 Å². The predicted octanol–water partition coefficient (Wildman–Crippen LogP) is 1.49. The van der Waals surface area contributed by atoms with Gasteiger partial charge < -0.3 is 26.0 Å². The van der Waals surface area contributed by atoms with Gasteiger partial charge >= 0.3 is 0 Å². The summed E-state index contributed by atoms with van der Waals surface area (Å²) in [5, 5.41) is 21.4. The summed E-state index contributed by atoms with van der Waals surface area (Å²) in [7, 11) is 0. The van der Waals surface area contributed by atoms with Crippen molar-refractivity contribution in [3.8, 4) is 17.2 Å². The van der Waals surface area contributed by atoms with Crippen molar-refractivity contribution in [1.29, 1.82) is 0 Å². The summed E-state index contributed by atoms with van der Waals surface area (Å²) in [5.74, 6) is -0.153. The maximum atomic E-state index is 11.8. The molecule has 5 N–H and O–H groups in total. The zero-order valence-corrected chi connectivity index (χ0v) is 11.2. The van der Waals surface area contributed by atoms with Crippen molar-refractivity contribution < 1.29 is 19.7 Å². The Morgan fingerprint density at radius 3 is 2.76 bits per heavy atom. The van der Waals surface area contributed by atoms with Crippen LogP contribution in [0.3, 0.4) is 0 Å². The molecule has 1 amide bonds. The summed E-state index contributed by atoms with van der Waals surface area (Å²) < 4.78 is 5.42. The quantitative estimate of drug-likeness (QED) is 0.379. The maximum absolute atomic E-state index is 11.8. The highest BCUT2D eigenvalue weighted by Crippen LogP contribution is 2.21. The predicted molar refractivity (Wildman–Crippen MR) is 78.5 cm³/mol. The van der Waals surface area contributed by atoms with Crippen LogP contribution in [0.25, 0.3) is 0 Å². The minimum Gasteiger partial charge on any atom is -0.508 e. The Labute approximate surface area is 121 Å². The van der Waals surface area contributed by atoms with E-state index in [9.17, 15) is 15.0 Å². The number of nitrogens with two attached hydrogens (primary N) is 1. The van der Waals surface area contributed by atoms with Crippen molar-refractivity contribution in [1.82, 2.24) is 5.32 Å². The van der Waals surface area contributed by atoms with E-state index in [1.54, 1.807) is 24.3 Å². The number of rotatable bonds is 5. The molecule has 0 aliphatic heterocycles. The fourth-order valence-corrected chi connectivity index (χ4v) is 1.74. The molecule has 0 radical (unpaired) electrons. The van der Waals surface area contributed by atoms with E-state index in [2.05, 4.69) is 5.32 Å². The largest absolute Gasteiger partial charge is 0.508 e. The summed E-state index contributed by atoms with van der Waals surface area (Å²) in [6, 6.07) is 10.7. The maximum Gasteiger partial charge on any atom is 0.255 e. The molecule has 0 atom stereocenters. The van der Waals surface area contributed by atoms with Gasteiger partial charge in [0, 0.05) is 11.8 Å². The molecule has 0 saturated heterocycles. The Morgan fingerprint density at radius 1 is 1.19 bits per heavy atom. The lowest BCUT2D eigenvalue weighted by atomic mass is 10.2. The van der Waals surface area contributed by atoms with Crippen LogP contribution in [0.4, 0.5) is 5.69 Å². The number of phenolic OH excluding ortho intramolecular Hbond substituents is 2. The molecule has 2 aromatic carbocycles. The Morgan fingerprint density at radius 2 is 2.00 bits per heavy atom. The van der Waals surface area contributed by atoms with E-state index in [0.29, 0.717) is 11.4 Å². The minimum atomic E-state index is -0.487. The molecule has 0 spiro atoms. The fourth-order valence-electron chi connectivity index (χ4n) is 1.74. The first-order valence-electron chi connectivity index (χ1n) is 6.35. The first kappa shape index (κ1) is 14.5. The molecule has 0 bridgehead atoms. The zero-order chi connectivity index (χ0) is 15.2. The minimum absolute atomic E-state index is 0.0129. The van der Waals surface area contributed by atoms with Crippen LogP contribution in [0.5, 0.6) is 17.2 Å². The number of nitrogens with one attached hydrogen (secondary N) is 1. The van der Waals surface area contributed by atoms with Crippen LogP contribution < -0.4 is 15.8 Å². The third-order valence-corrected chi connectivity index (χ3v) is 2.74. The molecular weight excluding hydrogens is 272 g/mol. The highest BCUT2D eigenvalue weighted by Gasteiger charge is 2.11. The fraction of sp³-hybridized carbons (Fsp3) is 0.133. The van der Waals surface area contributed by atoms with Crippen molar-refractivity contribution in [2.24, 2.45) is 0 Å². The SMILES string of the molecule is Nc1cccc(OCCNC(=O)c2cc(O)ccc2O)c1. The van der Waals surface area contributed by atoms with Crippen LogP contribution in [0, 0.1) is 0 Å². The lowest BCUT2D eigenvalue weighted by Crippen LogP contribution is -2.28. The third-order valence-electron chi connectivity index (χ3n) is 2.74. The Bertz CT molecular complexity index is 643. The van der Waals surface area contributed by atoms with E-state index in [-0.39, 0.29) is 30.2 Å². The number of amides is 1. The number of ether oxygens (including phenoxy) is 1. The standard InChI is InChI=1S/C15H16N2O4/c16-10-2-1-3-12(8-10)21-7-6-17-15(20)13-9-11(18)4-5-14(13)19/h1-5,8-9,18-19H,6-7,16H2,(H,17,20). The number of aromatic hydroxyl groups is 2. The van der Waals surface area contributed by atoms with Gasteiger partial charge in [-0.2, -0.15) is 0 Å².